The number of hydrogen-bond acceptors (Lipinski definition) is 1. The lowest BCUT2D eigenvalue weighted by Crippen LogP contribution is -1.76. The van der Waals surface area contributed by atoms with Crippen LogP contribution in [0.5, 0.6) is 0 Å². The number of aldehydes is 1. The molecule has 4 heteroatoms. The second-order valence-electron chi connectivity index (χ2n) is 2.63. The van der Waals surface area contributed by atoms with Crippen LogP contribution in [0.15, 0.2) is 18.2 Å². The summed E-state index contributed by atoms with van der Waals surface area (Å²) in [4.78, 5) is 13.2. The molecule has 0 bridgehead atoms. The molecule has 2 nitrogen and oxygen atoms in total. The van der Waals surface area contributed by atoms with E-state index in [9.17, 15) is 9.18 Å². The molecule has 0 saturated carbocycles. The van der Waals surface area contributed by atoms with Crippen molar-refractivity contribution in [3.05, 3.63) is 34.7 Å². The minimum absolute atomic E-state index is 0.142. The van der Waals surface area contributed by atoms with Gasteiger partial charge in [0.15, 0.2) is 6.29 Å². The van der Waals surface area contributed by atoms with Gasteiger partial charge in [-0.25, -0.2) is 4.39 Å². The van der Waals surface area contributed by atoms with Gasteiger partial charge in [-0.1, -0.05) is 17.7 Å². The zero-order valence-electron chi connectivity index (χ0n) is 6.47. The van der Waals surface area contributed by atoms with Gasteiger partial charge in [-0.05, 0) is 12.1 Å². The van der Waals surface area contributed by atoms with Gasteiger partial charge in [0, 0.05) is 0 Å². The van der Waals surface area contributed by atoms with Crippen LogP contribution in [-0.4, -0.2) is 11.3 Å². The van der Waals surface area contributed by atoms with E-state index in [2.05, 4.69) is 4.98 Å². The fourth-order valence-corrected chi connectivity index (χ4v) is 1.55. The predicted molar refractivity (Wildman–Crippen MR) is 48.7 cm³/mol. The Hall–Kier alpha value is -1.35. The Kier molecular flexibility index (Phi) is 1.81. The number of benzene rings is 1. The summed E-state index contributed by atoms with van der Waals surface area (Å²) in [5, 5.41) is 0.411. The molecule has 0 amide bonds. The molecule has 0 fully saturated rings. The molecular weight excluding hydrogens is 193 g/mol. The monoisotopic (exact) mass is 197 g/mol. The van der Waals surface area contributed by atoms with E-state index in [-0.39, 0.29) is 16.1 Å². The van der Waals surface area contributed by atoms with Crippen LogP contribution < -0.4 is 0 Å². The third-order valence-electron chi connectivity index (χ3n) is 1.86. The summed E-state index contributed by atoms with van der Waals surface area (Å²) in [7, 11) is 0. The van der Waals surface area contributed by atoms with E-state index in [0.717, 1.165) is 0 Å². The molecular formula is C9H5ClFNO. The van der Waals surface area contributed by atoms with E-state index >= 15 is 0 Å². The Labute approximate surface area is 78.3 Å². The van der Waals surface area contributed by atoms with Crippen molar-refractivity contribution in [2.24, 2.45) is 0 Å². The van der Waals surface area contributed by atoms with Gasteiger partial charge in [-0.2, -0.15) is 0 Å². The Balaban J connectivity index is 2.92. The van der Waals surface area contributed by atoms with E-state index in [1.165, 1.54) is 6.07 Å². The second-order valence-corrected chi connectivity index (χ2v) is 3.01. The zero-order chi connectivity index (χ0) is 9.42. The maximum absolute atomic E-state index is 13.2. The molecule has 1 aromatic carbocycles. The van der Waals surface area contributed by atoms with Gasteiger partial charge in [0.05, 0.1) is 21.6 Å². The van der Waals surface area contributed by atoms with E-state index in [0.29, 0.717) is 11.8 Å². The molecule has 0 aliphatic carbocycles. The summed E-state index contributed by atoms with van der Waals surface area (Å²) < 4.78 is 13.2. The lowest BCUT2D eigenvalue weighted by atomic mass is 10.2. The van der Waals surface area contributed by atoms with Crippen LogP contribution in [0.25, 0.3) is 10.9 Å². The average Bonchev–Trinajstić information content (AvgIpc) is 2.44. The molecule has 0 aliphatic heterocycles. The molecule has 0 unspecified atom stereocenters. The first-order chi connectivity index (χ1) is 6.24. The summed E-state index contributed by atoms with van der Waals surface area (Å²) in [6.07, 6.45) is 0.571. The second kappa shape index (κ2) is 2.85. The maximum atomic E-state index is 13.2. The Morgan fingerprint density at radius 2 is 2.23 bits per heavy atom. The molecule has 1 N–H and O–H groups in total. The number of fused-ring (bicyclic) bond motifs is 1. The number of aromatic nitrogens is 1. The topological polar surface area (TPSA) is 32.9 Å². The van der Waals surface area contributed by atoms with Gasteiger partial charge >= 0.3 is 0 Å². The largest absolute Gasteiger partial charge is 0.351 e. The van der Waals surface area contributed by atoms with Gasteiger partial charge in [0.2, 0.25) is 0 Å². The quantitative estimate of drug-likeness (QED) is 0.701. The number of aromatic amines is 1. The number of hydrogen-bond donors (Lipinski definition) is 1. The van der Waals surface area contributed by atoms with E-state index in [4.69, 9.17) is 11.6 Å². The minimum Gasteiger partial charge on any atom is -0.351 e. The van der Waals surface area contributed by atoms with Gasteiger partial charge in [-0.3, -0.25) is 4.79 Å². The van der Waals surface area contributed by atoms with Crippen LogP contribution in [0.2, 0.25) is 5.02 Å². The first-order valence-electron chi connectivity index (χ1n) is 3.65. The van der Waals surface area contributed by atoms with Crippen LogP contribution in [0.4, 0.5) is 4.39 Å². The minimum atomic E-state index is -0.424. The number of carbonyl (C=O) groups is 1. The highest BCUT2D eigenvalue weighted by atomic mass is 35.5. The molecule has 0 saturated heterocycles. The highest BCUT2D eigenvalue weighted by Gasteiger charge is 2.11. The lowest BCUT2D eigenvalue weighted by molar-refractivity contribution is 0.112. The van der Waals surface area contributed by atoms with Crippen molar-refractivity contribution < 1.29 is 9.18 Å². The maximum Gasteiger partial charge on any atom is 0.167 e. The number of H-pyrrole nitrogens is 1. The van der Waals surface area contributed by atoms with Crippen molar-refractivity contribution in [1.82, 2.24) is 4.98 Å². The highest BCUT2D eigenvalue weighted by molar-refractivity contribution is 6.38. The van der Waals surface area contributed by atoms with Gasteiger partial charge in [-0.15, -0.1) is 0 Å². The summed E-state index contributed by atoms with van der Waals surface area (Å²) >= 11 is 5.76. The highest BCUT2D eigenvalue weighted by Crippen LogP contribution is 2.28. The molecule has 0 spiro atoms. The average molecular weight is 198 g/mol. The van der Waals surface area contributed by atoms with Crippen molar-refractivity contribution in [3.63, 3.8) is 0 Å². The van der Waals surface area contributed by atoms with Gasteiger partial charge < -0.3 is 4.98 Å². The van der Waals surface area contributed by atoms with Crippen LogP contribution in [0, 0.1) is 5.82 Å². The third kappa shape index (κ3) is 1.12. The molecule has 2 aromatic rings. The zero-order valence-corrected chi connectivity index (χ0v) is 7.23. The smallest absolute Gasteiger partial charge is 0.167 e. The molecule has 66 valence electrons. The fourth-order valence-electron chi connectivity index (χ4n) is 1.27. The van der Waals surface area contributed by atoms with Crippen LogP contribution >= 0.6 is 11.6 Å². The Morgan fingerprint density at radius 3 is 2.85 bits per heavy atom. The predicted octanol–water partition coefficient (Wildman–Crippen LogP) is 2.77. The van der Waals surface area contributed by atoms with E-state index in [1.807, 2.05) is 0 Å². The number of halogens is 2. The molecule has 2 rings (SSSR count). The van der Waals surface area contributed by atoms with Crippen molar-refractivity contribution >= 4 is 28.8 Å². The molecule has 0 radical (unpaired) electrons. The van der Waals surface area contributed by atoms with Crippen LogP contribution in [0.1, 0.15) is 10.5 Å². The summed E-state index contributed by atoms with van der Waals surface area (Å²) in [6, 6.07) is 4.52. The summed E-state index contributed by atoms with van der Waals surface area (Å²) in [5.41, 5.74) is 0.744. The van der Waals surface area contributed by atoms with Crippen molar-refractivity contribution in [3.8, 4) is 0 Å². The van der Waals surface area contributed by atoms with E-state index in [1.54, 1.807) is 12.1 Å². The lowest BCUT2D eigenvalue weighted by Gasteiger charge is -1.90. The standard InChI is InChI=1S/C9H5ClFNO/c10-9-7(4-13)12-6-3-1-2-5(11)8(6)9/h1-4,12H. The molecule has 13 heavy (non-hydrogen) atoms. The molecule has 1 aromatic heterocycles. The fraction of sp³-hybridized carbons (Fsp3) is 0. The van der Waals surface area contributed by atoms with Gasteiger partial charge in [0.25, 0.3) is 0 Å². The number of rotatable bonds is 1. The SMILES string of the molecule is O=Cc1[nH]c2cccc(F)c2c1Cl. The normalized spacial score (nSPS) is 10.6. The number of carbonyl (C=O) groups excluding carboxylic acids is 1. The molecule has 0 aliphatic rings. The molecule has 1 heterocycles. The van der Waals surface area contributed by atoms with Crippen molar-refractivity contribution in [2.75, 3.05) is 0 Å². The van der Waals surface area contributed by atoms with Crippen LogP contribution in [-0.2, 0) is 0 Å². The van der Waals surface area contributed by atoms with Gasteiger partial charge in [0.1, 0.15) is 5.82 Å². The Morgan fingerprint density at radius 1 is 1.46 bits per heavy atom. The number of nitrogens with one attached hydrogen (secondary N) is 1. The van der Waals surface area contributed by atoms with Crippen molar-refractivity contribution in [2.45, 2.75) is 0 Å². The first kappa shape index (κ1) is 8.26. The van der Waals surface area contributed by atoms with Crippen LogP contribution in [0.3, 0.4) is 0 Å². The first-order valence-corrected chi connectivity index (χ1v) is 4.02. The van der Waals surface area contributed by atoms with Crippen molar-refractivity contribution in [1.29, 1.82) is 0 Å². The Bertz CT molecular complexity index is 478. The summed E-state index contributed by atoms with van der Waals surface area (Å²) in [6.45, 7) is 0. The summed E-state index contributed by atoms with van der Waals surface area (Å²) in [5.74, 6) is -0.424. The van der Waals surface area contributed by atoms with E-state index < -0.39 is 5.82 Å². The molecule has 0 atom stereocenters. The third-order valence-corrected chi connectivity index (χ3v) is 2.25.